The number of benzene rings is 2. The molecule has 0 saturated heterocycles. The van der Waals surface area contributed by atoms with E-state index in [9.17, 15) is 13.2 Å². The molecule has 0 unspecified atom stereocenters. The summed E-state index contributed by atoms with van der Waals surface area (Å²) < 4.78 is 27.2. The van der Waals surface area contributed by atoms with Gasteiger partial charge in [-0.25, -0.2) is 13.1 Å². The van der Waals surface area contributed by atoms with Crippen LogP contribution in [0, 0.1) is 0 Å². The summed E-state index contributed by atoms with van der Waals surface area (Å²) in [5.41, 5.74) is 0.874. The molecule has 1 N–H and O–H groups in total. The second-order valence-electron chi connectivity index (χ2n) is 5.80. The van der Waals surface area contributed by atoms with Crippen LogP contribution >= 0.6 is 11.6 Å². The Balaban J connectivity index is 2.44. The summed E-state index contributed by atoms with van der Waals surface area (Å²) >= 11 is 6.17. The van der Waals surface area contributed by atoms with Crippen molar-refractivity contribution in [1.82, 2.24) is 4.72 Å². The van der Waals surface area contributed by atoms with Crippen LogP contribution in [0.5, 0.6) is 0 Å². The molecule has 0 bridgehead atoms. The average molecular weight is 381 g/mol. The van der Waals surface area contributed by atoms with Gasteiger partial charge < -0.3 is 4.90 Å². The van der Waals surface area contributed by atoms with E-state index < -0.39 is 10.0 Å². The molecule has 7 heteroatoms. The average Bonchev–Trinajstić information content (AvgIpc) is 2.55. The number of anilines is 1. The predicted octanol–water partition coefficient (Wildman–Crippen LogP) is 3.69. The van der Waals surface area contributed by atoms with E-state index in [0.717, 1.165) is 5.69 Å². The van der Waals surface area contributed by atoms with Gasteiger partial charge in [0.25, 0.3) is 5.91 Å². The van der Waals surface area contributed by atoms with Gasteiger partial charge in [0, 0.05) is 18.3 Å². The zero-order chi connectivity index (χ0) is 18.6. The summed E-state index contributed by atoms with van der Waals surface area (Å²) in [5.74, 6) is -0.347. The number of nitrogens with zero attached hydrogens (tertiary/aromatic N) is 1. The maximum atomic E-state index is 12.9. The van der Waals surface area contributed by atoms with Crippen LogP contribution in [-0.2, 0) is 10.0 Å². The number of hydrogen-bond donors (Lipinski definition) is 1. The van der Waals surface area contributed by atoms with Crippen molar-refractivity contribution in [2.75, 3.05) is 11.4 Å². The number of amides is 1. The summed E-state index contributed by atoms with van der Waals surface area (Å²) in [6.45, 7) is 5.74. The molecule has 0 fully saturated rings. The van der Waals surface area contributed by atoms with E-state index in [1.165, 1.54) is 18.2 Å². The maximum absolute atomic E-state index is 12.9. The summed E-state index contributed by atoms with van der Waals surface area (Å²) in [6.07, 6.45) is 0. The highest BCUT2D eigenvalue weighted by molar-refractivity contribution is 7.89. The minimum atomic E-state index is -3.71. The molecule has 0 aliphatic carbocycles. The zero-order valence-electron chi connectivity index (χ0n) is 14.4. The lowest BCUT2D eigenvalue weighted by molar-refractivity contribution is 0.0988. The number of halogens is 1. The first-order valence-corrected chi connectivity index (χ1v) is 9.81. The van der Waals surface area contributed by atoms with Gasteiger partial charge in [0.2, 0.25) is 10.0 Å². The topological polar surface area (TPSA) is 66.5 Å². The third-order valence-corrected chi connectivity index (χ3v) is 5.48. The van der Waals surface area contributed by atoms with E-state index in [1.807, 2.05) is 37.3 Å². The molecule has 0 aliphatic rings. The molecule has 2 aromatic rings. The molecule has 134 valence electrons. The van der Waals surface area contributed by atoms with Crippen LogP contribution < -0.4 is 9.62 Å². The summed E-state index contributed by atoms with van der Waals surface area (Å²) in [6, 6.07) is 13.1. The van der Waals surface area contributed by atoms with Crippen LogP contribution in [0.3, 0.4) is 0 Å². The Morgan fingerprint density at radius 1 is 1.16 bits per heavy atom. The minimum absolute atomic E-state index is 0.0121. The van der Waals surface area contributed by atoms with Gasteiger partial charge in [-0.1, -0.05) is 29.8 Å². The van der Waals surface area contributed by atoms with Gasteiger partial charge in [0.15, 0.2) is 0 Å². The lowest BCUT2D eigenvalue weighted by atomic mass is 10.1. The standard InChI is InChI=1S/C18H21ClN2O3S/c1-4-21(14-8-6-5-7-9-14)18(22)16-12-15(10-11-17(16)19)25(23,24)20-13(2)3/h5-13,20H,4H2,1-3H3. The molecule has 1 amide bonds. The van der Waals surface area contributed by atoms with Crippen LogP contribution in [0.25, 0.3) is 0 Å². The lowest BCUT2D eigenvalue weighted by Crippen LogP contribution is -2.32. The monoisotopic (exact) mass is 380 g/mol. The highest BCUT2D eigenvalue weighted by atomic mass is 35.5. The summed E-state index contributed by atoms with van der Waals surface area (Å²) in [7, 11) is -3.71. The Hall–Kier alpha value is -1.89. The molecule has 25 heavy (non-hydrogen) atoms. The van der Waals surface area contributed by atoms with Gasteiger partial charge in [-0.2, -0.15) is 0 Å². The van der Waals surface area contributed by atoms with E-state index >= 15 is 0 Å². The lowest BCUT2D eigenvalue weighted by Gasteiger charge is -2.22. The van der Waals surface area contributed by atoms with Crippen LogP contribution in [-0.4, -0.2) is 26.9 Å². The highest BCUT2D eigenvalue weighted by Gasteiger charge is 2.23. The molecule has 0 heterocycles. The van der Waals surface area contributed by atoms with Crippen molar-refractivity contribution < 1.29 is 13.2 Å². The first-order valence-electron chi connectivity index (χ1n) is 7.95. The van der Waals surface area contributed by atoms with Crippen molar-refractivity contribution >= 4 is 33.2 Å². The zero-order valence-corrected chi connectivity index (χ0v) is 15.9. The van der Waals surface area contributed by atoms with Crippen molar-refractivity contribution in [3.05, 3.63) is 59.1 Å². The number of carbonyl (C=O) groups is 1. The first-order chi connectivity index (χ1) is 11.8. The quantitative estimate of drug-likeness (QED) is 0.831. The van der Waals surface area contributed by atoms with Crippen molar-refractivity contribution in [1.29, 1.82) is 0 Å². The van der Waals surface area contributed by atoms with Crippen molar-refractivity contribution in [3.8, 4) is 0 Å². The van der Waals surface area contributed by atoms with Gasteiger partial charge in [-0.05, 0) is 51.1 Å². The van der Waals surface area contributed by atoms with Gasteiger partial charge in [-0.15, -0.1) is 0 Å². The number of hydrogen-bond acceptors (Lipinski definition) is 3. The molecule has 0 spiro atoms. The van der Waals surface area contributed by atoms with Crippen LogP contribution in [0.4, 0.5) is 5.69 Å². The SMILES string of the molecule is CCN(C(=O)c1cc(S(=O)(=O)NC(C)C)ccc1Cl)c1ccccc1. The Morgan fingerprint density at radius 2 is 1.80 bits per heavy atom. The van der Waals surface area contributed by atoms with Gasteiger partial charge in [-0.3, -0.25) is 4.79 Å². The molecular formula is C18H21ClN2O3S. The number of sulfonamides is 1. The summed E-state index contributed by atoms with van der Waals surface area (Å²) in [5, 5.41) is 0.211. The van der Waals surface area contributed by atoms with E-state index in [2.05, 4.69) is 4.72 Å². The minimum Gasteiger partial charge on any atom is -0.309 e. The molecule has 0 saturated carbocycles. The van der Waals surface area contributed by atoms with E-state index in [1.54, 1.807) is 18.7 Å². The van der Waals surface area contributed by atoms with Crippen LogP contribution in [0.15, 0.2) is 53.4 Å². The fraction of sp³-hybridized carbons (Fsp3) is 0.278. The maximum Gasteiger partial charge on any atom is 0.259 e. The molecule has 0 aliphatic heterocycles. The molecule has 0 atom stereocenters. The Kier molecular flexibility index (Phi) is 6.21. The second kappa shape index (κ2) is 7.99. The molecule has 0 radical (unpaired) electrons. The molecular weight excluding hydrogens is 360 g/mol. The highest BCUT2D eigenvalue weighted by Crippen LogP contribution is 2.24. The number of nitrogens with one attached hydrogen (secondary N) is 1. The smallest absolute Gasteiger partial charge is 0.259 e. The van der Waals surface area contributed by atoms with Gasteiger partial charge >= 0.3 is 0 Å². The fourth-order valence-corrected chi connectivity index (χ4v) is 3.89. The molecule has 5 nitrogen and oxygen atoms in total. The van der Waals surface area contributed by atoms with Crippen molar-refractivity contribution in [3.63, 3.8) is 0 Å². The van der Waals surface area contributed by atoms with E-state index in [0.29, 0.717) is 6.54 Å². The normalized spacial score (nSPS) is 11.6. The fourth-order valence-electron chi connectivity index (χ4n) is 2.41. The molecule has 0 aromatic heterocycles. The van der Waals surface area contributed by atoms with E-state index in [-0.39, 0.29) is 27.4 Å². The first kappa shape index (κ1) is 19.4. The van der Waals surface area contributed by atoms with Gasteiger partial charge in [0.1, 0.15) is 0 Å². The number of para-hydroxylation sites is 1. The van der Waals surface area contributed by atoms with E-state index in [4.69, 9.17) is 11.6 Å². The van der Waals surface area contributed by atoms with Gasteiger partial charge in [0.05, 0.1) is 15.5 Å². The molecule has 2 rings (SSSR count). The second-order valence-corrected chi connectivity index (χ2v) is 7.92. The van der Waals surface area contributed by atoms with Crippen molar-refractivity contribution in [2.45, 2.75) is 31.7 Å². The third kappa shape index (κ3) is 4.60. The van der Waals surface area contributed by atoms with Crippen molar-refractivity contribution in [2.24, 2.45) is 0 Å². The molecule has 2 aromatic carbocycles. The Morgan fingerprint density at radius 3 is 2.36 bits per heavy atom. The third-order valence-electron chi connectivity index (χ3n) is 3.50. The number of rotatable bonds is 6. The Labute approximate surface area is 153 Å². The Bertz CT molecular complexity index is 852. The summed E-state index contributed by atoms with van der Waals surface area (Å²) in [4.78, 5) is 14.5. The van der Waals surface area contributed by atoms with Crippen LogP contribution in [0.1, 0.15) is 31.1 Å². The number of carbonyl (C=O) groups excluding carboxylic acids is 1. The predicted molar refractivity (Wildman–Crippen MR) is 101 cm³/mol. The largest absolute Gasteiger partial charge is 0.309 e. The van der Waals surface area contributed by atoms with Crippen LogP contribution in [0.2, 0.25) is 5.02 Å².